The van der Waals surface area contributed by atoms with E-state index in [2.05, 4.69) is 20.6 Å². The van der Waals surface area contributed by atoms with E-state index in [1.165, 1.54) is 28.3 Å². The standard InChI is InChI=1S/C18H19N5O3S/c1-3-5-15-20-21-18(27-15)19-17(25)16-14(24)10-11-23(22-16)12-6-8-13(9-7-12)26-4-2/h6-11H,3-5H2,1-2H3,(H,19,21,25). The van der Waals surface area contributed by atoms with Gasteiger partial charge in [0.15, 0.2) is 5.69 Å². The Morgan fingerprint density at radius 3 is 2.67 bits per heavy atom. The van der Waals surface area contributed by atoms with Gasteiger partial charge in [-0.15, -0.1) is 10.2 Å². The van der Waals surface area contributed by atoms with Gasteiger partial charge in [0, 0.05) is 18.7 Å². The molecule has 0 atom stereocenters. The molecule has 0 aliphatic rings. The van der Waals surface area contributed by atoms with Crippen molar-refractivity contribution in [3.63, 3.8) is 0 Å². The van der Waals surface area contributed by atoms with E-state index in [-0.39, 0.29) is 5.69 Å². The number of hydrogen-bond donors (Lipinski definition) is 1. The fourth-order valence-corrected chi connectivity index (χ4v) is 3.18. The van der Waals surface area contributed by atoms with Gasteiger partial charge in [-0.1, -0.05) is 18.3 Å². The van der Waals surface area contributed by atoms with E-state index in [1.54, 1.807) is 24.3 Å². The van der Waals surface area contributed by atoms with Crippen LogP contribution in [0, 0.1) is 0 Å². The van der Waals surface area contributed by atoms with Crippen molar-refractivity contribution in [2.24, 2.45) is 0 Å². The zero-order chi connectivity index (χ0) is 19.2. The quantitative estimate of drug-likeness (QED) is 0.671. The molecule has 27 heavy (non-hydrogen) atoms. The van der Waals surface area contributed by atoms with Crippen molar-refractivity contribution in [1.29, 1.82) is 0 Å². The molecule has 140 valence electrons. The van der Waals surface area contributed by atoms with E-state index in [0.717, 1.165) is 23.6 Å². The number of benzene rings is 1. The van der Waals surface area contributed by atoms with E-state index in [4.69, 9.17) is 4.74 Å². The van der Waals surface area contributed by atoms with Crippen molar-refractivity contribution < 1.29 is 9.53 Å². The molecule has 0 unspecified atom stereocenters. The second kappa shape index (κ2) is 8.54. The molecule has 0 aliphatic heterocycles. The fourth-order valence-electron chi connectivity index (χ4n) is 2.35. The highest BCUT2D eigenvalue weighted by Crippen LogP contribution is 2.17. The molecular weight excluding hydrogens is 366 g/mol. The molecule has 1 aromatic carbocycles. The van der Waals surface area contributed by atoms with Crippen LogP contribution in [0.4, 0.5) is 5.13 Å². The Kier molecular flexibility index (Phi) is 5.92. The van der Waals surface area contributed by atoms with Crippen molar-refractivity contribution in [3.05, 3.63) is 57.5 Å². The third-order valence-corrected chi connectivity index (χ3v) is 4.49. The largest absolute Gasteiger partial charge is 0.494 e. The van der Waals surface area contributed by atoms with Gasteiger partial charge in [0.25, 0.3) is 5.91 Å². The molecule has 8 nitrogen and oxygen atoms in total. The van der Waals surface area contributed by atoms with E-state index in [0.29, 0.717) is 17.4 Å². The van der Waals surface area contributed by atoms with Gasteiger partial charge >= 0.3 is 0 Å². The van der Waals surface area contributed by atoms with Crippen molar-refractivity contribution in [2.75, 3.05) is 11.9 Å². The summed E-state index contributed by atoms with van der Waals surface area (Å²) in [7, 11) is 0. The highest BCUT2D eigenvalue weighted by Gasteiger charge is 2.16. The zero-order valence-electron chi connectivity index (χ0n) is 15.0. The van der Waals surface area contributed by atoms with Gasteiger partial charge in [-0.3, -0.25) is 14.9 Å². The molecule has 2 aromatic heterocycles. The summed E-state index contributed by atoms with van der Waals surface area (Å²) in [5.41, 5.74) is 0.0280. The van der Waals surface area contributed by atoms with Crippen LogP contribution < -0.4 is 15.5 Å². The first-order valence-electron chi connectivity index (χ1n) is 8.57. The first-order valence-corrected chi connectivity index (χ1v) is 9.39. The molecule has 9 heteroatoms. The first-order chi connectivity index (χ1) is 13.1. The molecule has 0 saturated carbocycles. The maximum absolute atomic E-state index is 12.5. The van der Waals surface area contributed by atoms with E-state index in [1.807, 2.05) is 13.8 Å². The number of anilines is 1. The Balaban J connectivity index is 1.81. The summed E-state index contributed by atoms with van der Waals surface area (Å²) < 4.78 is 6.87. The summed E-state index contributed by atoms with van der Waals surface area (Å²) in [5, 5.41) is 15.9. The van der Waals surface area contributed by atoms with Crippen LogP contribution in [-0.2, 0) is 6.42 Å². The normalized spacial score (nSPS) is 10.6. The monoisotopic (exact) mass is 385 g/mol. The van der Waals surface area contributed by atoms with Crippen molar-refractivity contribution in [1.82, 2.24) is 20.0 Å². The Hall–Kier alpha value is -3.07. The lowest BCUT2D eigenvalue weighted by Crippen LogP contribution is -2.25. The highest BCUT2D eigenvalue weighted by atomic mass is 32.1. The van der Waals surface area contributed by atoms with Crippen LogP contribution in [0.2, 0.25) is 0 Å². The Bertz CT molecular complexity index is 981. The number of ether oxygens (including phenoxy) is 1. The van der Waals surface area contributed by atoms with Crippen LogP contribution in [0.25, 0.3) is 5.69 Å². The molecular formula is C18H19N5O3S. The van der Waals surface area contributed by atoms with Crippen molar-refractivity contribution in [2.45, 2.75) is 26.7 Å². The highest BCUT2D eigenvalue weighted by molar-refractivity contribution is 7.15. The van der Waals surface area contributed by atoms with Gasteiger partial charge in [0.2, 0.25) is 10.6 Å². The minimum Gasteiger partial charge on any atom is -0.494 e. The number of hydrogen-bond acceptors (Lipinski definition) is 7. The summed E-state index contributed by atoms with van der Waals surface area (Å²) in [6.45, 7) is 4.52. The van der Waals surface area contributed by atoms with Crippen molar-refractivity contribution in [3.8, 4) is 11.4 Å². The Morgan fingerprint density at radius 1 is 1.19 bits per heavy atom. The van der Waals surface area contributed by atoms with Crippen LogP contribution >= 0.6 is 11.3 Å². The van der Waals surface area contributed by atoms with Gasteiger partial charge < -0.3 is 4.74 Å². The van der Waals surface area contributed by atoms with Crippen LogP contribution in [0.5, 0.6) is 5.75 Å². The molecule has 0 bridgehead atoms. The third kappa shape index (κ3) is 4.56. The number of aryl methyl sites for hydroxylation is 1. The molecule has 1 N–H and O–H groups in total. The Labute approximate surface area is 159 Å². The summed E-state index contributed by atoms with van der Waals surface area (Å²) in [5.74, 6) is 0.124. The van der Waals surface area contributed by atoms with E-state index >= 15 is 0 Å². The van der Waals surface area contributed by atoms with E-state index < -0.39 is 11.3 Å². The average Bonchev–Trinajstić information content (AvgIpc) is 3.10. The summed E-state index contributed by atoms with van der Waals surface area (Å²) in [6.07, 6.45) is 3.25. The molecule has 0 aliphatic carbocycles. The zero-order valence-corrected chi connectivity index (χ0v) is 15.8. The topological polar surface area (TPSA) is 99.0 Å². The minimum absolute atomic E-state index is 0.210. The molecule has 2 heterocycles. The number of amides is 1. The van der Waals surface area contributed by atoms with Crippen LogP contribution in [0.15, 0.2) is 41.3 Å². The fraction of sp³-hybridized carbons (Fsp3) is 0.278. The molecule has 0 fully saturated rings. The summed E-state index contributed by atoms with van der Waals surface area (Å²) in [4.78, 5) is 24.5. The van der Waals surface area contributed by atoms with Gasteiger partial charge in [-0.2, -0.15) is 5.10 Å². The lowest BCUT2D eigenvalue weighted by molar-refractivity contribution is 0.101. The second-order valence-corrected chi connectivity index (χ2v) is 6.67. The predicted molar refractivity (Wildman–Crippen MR) is 103 cm³/mol. The third-order valence-electron chi connectivity index (χ3n) is 3.59. The molecule has 0 radical (unpaired) electrons. The maximum Gasteiger partial charge on any atom is 0.282 e. The molecule has 0 saturated heterocycles. The first kappa shape index (κ1) is 18.7. The van der Waals surface area contributed by atoms with Gasteiger partial charge in [0.1, 0.15) is 10.8 Å². The van der Waals surface area contributed by atoms with Gasteiger partial charge in [0.05, 0.1) is 12.3 Å². The predicted octanol–water partition coefficient (Wildman–Crippen LogP) is 2.69. The molecule has 3 rings (SSSR count). The minimum atomic E-state index is -0.612. The summed E-state index contributed by atoms with van der Waals surface area (Å²) >= 11 is 1.29. The van der Waals surface area contributed by atoms with Gasteiger partial charge in [-0.25, -0.2) is 4.68 Å². The number of carbonyl (C=O) groups excluding carboxylic acids is 1. The number of nitrogens with zero attached hydrogens (tertiary/aromatic N) is 4. The van der Waals surface area contributed by atoms with Crippen molar-refractivity contribution >= 4 is 22.4 Å². The number of nitrogens with one attached hydrogen (secondary N) is 1. The number of aromatic nitrogens is 4. The van der Waals surface area contributed by atoms with Gasteiger partial charge in [-0.05, 0) is 37.6 Å². The SMILES string of the molecule is CCCc1nnc(NC(=O)c2nn(-c3ccc(OCC)cc3)ccc2=O)s1. The Morgan fingerprint density at radius 2 is 1.96 bits per heavy atom. The maximum atomic E-state index is 12.5. The van der Waals surface area contributed by atoms with Crippen LogP contribution in [0.3, 0.4) is 0 Å². The molecule has 0 spiro atoms. The lowest BCUT2D eigenvalue weighted by Gasteiger charge is -2.08. The second-order valence-electron chi connectivity index (χ2n) is 5.61. The van der Waals surface area contributed by atoms with Crippen LogP contribution in [0.1, 0.15) is 35.8 Å². The van der Waals surface area contributed by atoms with E-state index in [9.17, 15) is 9.59 Å². The van der Waals surface area contributed by atoms with Crippen LogP contribution in [-0.4, -0.2) is 32.5 Å². The molecule has 3 aromatic rings. The summed E-state index contributed by atoms with van der Waals surface area (Å²) in [6, 6.07) is 8.50. The smallest absolute Gasteiger partial charge is 0.282 e. The number of rotatable bonds is 7. The number of carbonyl (C=O) groups is 1. The average molecular weight is 385 g/mol. The molecule has 1 amide bonds. The lowest BCUT2D eigenvalue weighted by atomic mass is 10.3.